The number of ether oxygens (including phenoxy) is 1. The molecule has 120 valence electrons. The number of rotatable bonds is 5. The smallest absolute Gasteiger partial charge is 0.410 e. The van der Waals surface area contributed by atoms with Gasteiger partial charge in [-0.2, -0.15) is 0 Å². The van der Waals surface area contributed by atoms with E-state index >= 15 is 0 Å². The van der Waals surface area contributed by atoms with E-state index in [1.165, 1.54) is 11.8 Å². The predicted octanol–water partition coefficient (Wildman–Crippen LogP) is 1.69. The predicted molar refractivity (Wildman–Crippen MR) is 76.9 cm³/mol. The molecule has 0 aromatic carbocycles. The molecule has 0 saturated carbocycles. The average Bonchev–Trinajstić information content (AvgIpc) is 2.83. The topological polar surface area (TPSA) is 83.9 Å². The molecule has 0 unspecified atom stereocenters. The third kappa shape index (κ3) is 4.27. The minimum absolute atomic E-state index is 0.0236. The van der Waals surface area contributed by atoms with Gasteiger partial charge in [-0.1, -0.05) is 0 Å². The number of carbonyl (C=O) groups excluding carboxylic acids is 3. The van der Waals surface area contributed by atoms with Gasteiger partial charge in [0.05, 0.1) is 6.04 Å². The van der Waals surface area contributed by atoms with E-state index in [1.54, 1.807) is 20.8 Å². The van der Waals surface area contributed by atoms with Crippen LogP contribution in [0.2, 0.25) is 0 Å². The minimum Gasteiger partial charge on any atom is -0.444 e. The molecule has 0 spiro atoms. The van der Waals surface area contributed by atoms with Crippen molar-refractivity contribution in [2.24, 2.45) is 0 Å². The number of hydrogen-bond acceptors (Lipinski definition) is 5. The molecule has 1 N–H and O–H groups in total. The number of aldehydes is 1. The highest BCUT2D eigenvalue weighted by Crippen LogP contribution is 2.32. The van der Waals surface area contributed by atoms with Crippen LogP contribution in [0.4, 0.5) is 4.79 Å². The summed E-state index contributed by atoms with van der Waals surface area (Å²) < 4.78 is 5.33. The summed E-state index contributed by atoms with van der Waals surface area (Å²) in [5.41, 5.74) is -2.32. The van der Waals surface area contributed by atoms with Crippen molar-refractivity contribution in [2.45, 2.75) is 70.6 Å². The Bertz CT molecular complexity index is 415. The zero-order chi connectivity index (χ0) is 16.3. The summed E-state index contributed by atoms with van der Waals surface area (Å²) in [6, 6.07) is -0.634. The van der Waals surface area contributed by atoms with Gasteiger partial charge in [-0.15, -0.1) is 0 Å². The van der Waals surface area contributed by atoms with Crippen LogP contribution in [0.15, 0.2) is 0 Å². The molecule has 1 amide bonds. The summed E-state index contributed by atoms with van der Waals surface area (Å²) in [5.74, 6) is -0.426. The molecule has 0 bridgehead atoms. The Morgan fingerprint density at radius 2 is 2.00 bits per heavy atom. The maximum atomic E-state index is 12.2. The van der Waals surface area contributed by atoms with Crippen molar-refractivity contribution < 1.29 is 24.2 Å². The zero-order valence-electron chi connectivity index (χ0n) is 13.2. The fourth-order valence-corrected chi connectivity index (χ4v) is 2.66. The van der Waals surface area contributed by atoms with E-state index in [9.17, 15) is 19.5 Å². The molecule has 1 fully saturated rings. The molecule has 0 aromatic rings. The Hall–Kier alpha value is -1.43. The second-order valence-corrected chi connectivity index (χ2v) is 6.52. The first kappa shape index (κ1) is 17.6. The van der Waals surface area contributed by atoms with Crippen molar-refractivity contribution >= 4 is 18.2 Å². The molecule has 6 nitrogen and oxygen atoms in total. The number of likely N-dealkylation sites (tertiary alicyclic amines) is 1. The molecule has 2 atom stereocenters. The van der Waals surface area contributed by atoms with Crippen LogP contribution >= 0.6 is 0 Å². The van der Waals surface area contributed by atoms with Gasteiger partial charge in [0.1, 0.15) is 17.5 Å². The monoisotopic (exact) mass is 299 g/mol. The molecule has 0 aromatic heterocycles. The second kappa shape index (κ2) is 6.56. The molecule has 1 aliphatic heterocycles. The molecular weight excluding hydrogens is 274 g/mol. The van der Waals surface area contributed by atoms with Gasteiger partial charge in [0.2, 0.25) is 0 Å². The van der Waals surface area contributed by atoms with E-state index in [1.807, 2.05) is 0 Å². The molecule has 21 heavy (non-hydrogen) atoms. The van der Waals surface area contributed by atoms with E-state index in [2.05, 4.69) is 0 Å². The van der Waals surface area contributed by atoms with E-state index in [-0.39, 0.29) is 12.8 Å². The fourth-order valence-electron chi connectivity index (χ4n) is 2.66. The van der Waals surface area contributed by atoms with Gasteiger partial charge in [-0.25, -0.2) is 4.79 Å². The van der Waals surface area contributed by atoms with Gasteiger partial charge in [-0.05, 0) is 47.0 Å². The number of Topliss-reactive ketones (excluding diaryl/α,β-unsaturated/α-hetero) is 1. The van der Waals surface area contributed by atoms with Gasteiger partial charge >= 0.3 is 6.09 Å². The average molecular weight is 299 g/mol. The molecule has 0 radical (unpaired) electrons. The number of hydrogen-bond donors (Lipinski definition) is 1. The summed E-state index contributed by atoms with van der Waals surface area (Å²) in [6.07, 6.45) is 1.45. The first-order chi connectivity index (χ1) is 9.62. The Morgan fingerprint density at radius 1 is 1.38 bits per heavy atom. The highest BCUT2D eigenvalue weighted by atomic mass is 16.6. The van der Waals surface area contributed by atoms with Crippen molar-refractivity contribution in [2.75, 3.05) is 6.54 Å². The number of carbonyl (C=O) groups is 3. The Kier molecular flexibility index (Phi) is 5.50. The molecular formula is C15H25NO5. The third-order valence-electron chi connectivity index (χ3n) is 3.69. The first-order valence-corrected chi connectivity index (χ1v) is 7.28. The van der Waals surface area contributed by atoms with Crippen LogP contribution in [0.25, 0.3) is 0 Å². The van der Waals surface area contributed by atoms with Crippen LogP contribution in [0, 0.1) is 0 Å². The Labute approximate surface area is 125 Å². The fraction of sp³-hybridized carbons (Fsp3) is 0.800. The Balaban J connectivity index is 2.94. The van der Waals surface area contributed by atoms with Gasteiger partial charge in [0.15, 0.2) is 5.78 Å². The first-order valence-electron chi connectivity index (χ1n) is 7.28. The quantitative estimate of drug-likeness (QED) is 0.781. The van der Waals surface area contributed by atoms with Crippen LogP contribution in [-0.2, 0) is 14.3 Å². The zero-order valence-corrected chi connectivity index (χ0v) is 13.2. The maximum absolute atomic E-state index is 12.2. The molecule has 0 aliphatic carbocycles. The summed E-state index contributed by atoms with van der Waals surface area (Å²) in [5, 5.41) is 10.7. The van der Waals surface area contributed by atoms with E-state index in [4.69, 9.17) is 4.74 Å². The summed E-state index contributed by atoms with van der Waals surface area (Å²) in [4.78, 5) is 36.1. The molecule has 6 heteroatoms. The van der Waals surface area contributed by atoms with Gasteiger partial charge in [-0.3, -0.25) is 4.79 Å². The highest BCUT2D eigenvalue weighted by molar-refractivity contribution is 5.86. The van der Waals surface area contributed by atoms with Crippen LogP contribution in [0.1, 0.15) is 53.4 Å². The van der Waals surface area contributed by atoms with Crippen LogP contribution in [0.5, 0.6) is 0 Å². The normalized spacial score (nSPS) is 21.8. The van der Waals surface area contributed by atoms with Crippen molar-refractivity contribution in [3.05, 3.63) is 0 Å². The Morgan fingerprint density at radius 3 is 2.48 bits per heavy atom. The number of aliphatic hydroxyl groups is 1. The molecule has 1 saturated heterocycles. The van der Waals surface area contributed by atoms with Crippen molar-refractivity contribution in [1.29, 1.82) is 0 Å². The molecule has 1 heterocycles. The van der Waals surface area contributed by atoms with Crippen molar-refractivity contribution in [3.8, 4) is 0 Å². The lowest BCUT2D eigenvalue weighted by molar-refractivity contribution is -0.142. The van der Waals surface area contributed by atoms with Gasteiger partial charge in [0.25, 0.3) is 0 Å². The summed E-state index contributed by atoms with van der Waals surface area (Å²) >= 11 is 0. The molecule has 1 rings (SSSR count). The number of nitrogens with zero attached hydrogens (tertiary/aromatic N) is 1. The van der Waals surface area contributed by atoms with Crippen molar-refractivity contribution in [1.82, 2.24) is 4.90 Å². The maximum Gasteiger partial charge on any atom is 0.410 e. The van der Waals surface area contributed by atoms with Gasteiger partial charge < -0.3 is 19.5 Å². The van der Waals surface area contributed by atoms with Gasteiger partial charge in [0, 0.05) is 13.0 Å². The largest absolute Gasteiger partial charge is 0.444 e. The third-order valence-corrected chi connectivity index (χ3v) is 3.69. The van der Waals surface area contributed by atoms with Crippen LogP contribution in [-0.4, -0.2) is 52.0 Å². The highest BCUT2D eigenvalue weighted by Gasteiger charge is 2.48. The minimum atomic E-state index is -1.69. The summed E-state index contributed by atoms with van der Waals surface area (Å²) in [6.45, 7) is 7.02. The number of ketones is 1. The van der Waals surface area contributed by atoms with Crippen molar-refractivity contribution in [3.63, 3.8) is 0 Å². The number of amides is 1. The summed E-state index contributed by atoms with van der Waals surface area (Å²) in [7, 11) is 0. The van der Waals surface area contributed by atoms with E-state index < -0.39 is 29.1 Å². The lowest BCUT2D eigenvalue weighted by Gasteiger charge is -2.37. The van der Waals surface area contributed by atoms with E-state index in [0.29, 0.717) is 25.7 Å². The lowest BCUT2D eigenvalue weighted by Crippen LogP contribution is -2.56. The lowest BCUT2D eigenvalue weighted by atomic mass is 9.84. The SMILES string of the molecule is CC(=O)[C@@](O)(CCC=O)[C@@H]1CCCN1C(=O)OC(C)(C)C. The van der Waals surface area contributed by atoms with Crippen LogP contribution < -0.4 is 0 Å². The molecule has 1 aliphatic rings. The van der Waals surface area contributed by atoms with Crippen LogP contribution in [0.3, 0.4) is 0 Å². The van der Waals surface area contributed by atoms with E-state index in [0.717, 1.165) is 0 Å². The second-order valence-electron chi connectivity index (χ2n) is 6.52. The standard InChI is InChI=1S/C15H25NO5/c1-11(18)15(20,8-6-10-17)12-7-5-9-16(12)13(19)21-14(2,3)4/h10,12,20H,5-9H2,1-4H3/t12-,15-/m0/s1.